The van der Waals surface area contributed by atoms with Crippen LogP contribution in [0.4, 0.5) is 4.39 Å². The Bertz CT molecular complexity index is 485. The molecule has 5 heteroatoms. The van der Waals surface area contributed by atoms with Gasteiger partial charge in [0.25, 0.3) is 0 Å². The largest absolute Gasteiger partial charge is 0.271 e. The summed E-state index contributed by atoms with van der Waals surface area (Å²) in [5, 5.41) is 2.84. The Balaban J connectivity index is 2.26. The average molecular weight is 251 g/mol. The van der Waals surface area contributed by atoms with E-state index in [2.05, 4.69) is 10.4 Å². The Morgan fingerprint density at radius 1 is 1.53 bits per heavy atom. The van der Waals surface area contributed by atoms with Gasteiger partial charge < -0.3 is 0 Å². The first-order valence-electron chi connectivity index (χ1n) is 5.32. The van der Waals surface area contributed by atoms with E-state index in [1.54, 1.807) is 36.6 Å². The number of nitrogens with one attached hydrogen (secondary N) is 1. The Hall–Kier alpha value is -1.30. The molecule has 90 valence electrons. The highest BCUT2D eigenvalue weighted by Crippen LogP contribution is 2.23. The maximum Gasteiger partial charge on any atom is 0.130 e. The highest BCUT2D eigenvalue weighted by molar-refractivity contribution is 7.09. The third kappa shape index (κ3) is 2.69. The van der Waals surface area contributed by atoms with Gasteiger partial charge in [0.05, 0.1) is 11.0 Å². The molecule has 0 aliphatic heterocycles. The van der Waals surface area contributed by atoms with Crippen molar-refractivity contribution < 1.29 is 4.39 Å². The standard InChI is InChI=1S/C12H14FN3S/c1-8-3-2-4-9(12(8)13)10(16-14)7-11-15-5-6-17-11/h2-6,10,16H,7,14H2,1H3. The van der Waals surface area contributed by atoms with Gasteiger partial charge in [-0.3, -0.25) is 11.3 Å². The van der Waals surface area contributed by atoms with Crippen LogP contribution in [0.5, 0.6) is 0 Å². The number of aryl methyl sites for hydroxylation is 1. The predicted octanol–water partition coefficient (Wildman–Crippen LogP) is 2.34. The number of rotatable bonds is 4. The van der Waals surface area contributed by atoms with Gasteiger partial charge in [0.15, 0.2) is 0 Å². The zero-order chi connectivity index (χ0) is 12.3. The molecule has 2 rings (SSSR count). The molecule has 17 heavy (non-hydrogen) atoms. The Morgan fingerprint density at radius 3 is 3.00 bits per heavy atom. The number of aromatic nitrogens is 1. The molecule has 0 aliphatic carbocycles. The van der Waals surface area contributed by atoms with Gasteiger partial charge in [0.2, 0.25) is 0 Å². The smallest absolute Gasteiger partial charge is 0.130 e. The average Bonchev–Trinajstić information content (AvgIpc) is 2.83. The lowest BCUT2D eigenvalue weighted by molar-refractivity contribution is 0.507. The van der Waals surface area contributed by atoms with Gasteiger partial charge in [0.1, 0.15) is 5.82 Å². The van der Waals surface area contributed by atoms with Crippen LogP contribution in [-0.2, 0) is 6.42 Å². The molecule has 2 aromatic rings. The lowest BCUT2D eigenvalue weighted by atomic mass is 10.0. The summed E-state index contributed by atoms with van der Waals surface area (Å²) in [6.07, 6.45) is 2.33. The molecule has 1 unspecified atom stereocenters. The van der Waals surface area contributed by atoms with Gasteiger partial charge in [-0.25, -0.2) is 9.37 Å². The number of hydrogen-bond acceptors (Lipinski definition) is 4. The summed E-state index contributed by atoms with van der Waals surface area (Å²) >= 11 is 1.54. The van der Waals surface area contributed by atoms with Crippen molar-refractivity contribution in [1.82, 2.24) is 10.4 Å². The molecule has 0 fully saturated rings. The Morgan fingerprint density at radius 2 is 2.35 bits per heavy atom. The summed E-state index contributed by atoms with van der Waals surface area (Å²) in [4.78, 5) is 4.18. The second-order valence-corrected chi connectivity index (χ2v) is 4.81. The summed E-state index contributed by atoms with van der Waals surface area (Å²) in [5.41, 5.74) is 3.86. The van der Waals surface area contributed by atoms with E-state index in [0.29, 0.717) is 17.5 Å². The van der Waals surface area contributed by atoms with Gasteiger partial charge >= 0.3 is 0 Å². The minimum Gasteiger partial charge on any atom is -0.271 e. The molecule has 0 spiro atoms. The van der Waals surface area contributed by atoms with E-state index in [9.17, 15) is 4.39 Å². The zero-order valence-corrected chi connectivity index (χ0v) is 10.3. The molecule has 0 saturated heterocycles. The molecule has 3 nitrogen and oxygen atoms in total. The minimum atomic E-state index is -0.249. The molecule has 1 aromatic heterocycles. The zero-order valence-electron chi connectivity index (χ0n) is 9.48. The lowest BCUT2D eigenvalue weighted by Gasteiger charge is -2.16. The van der Waals surface area contributed by atoms with E-state index < -0.39 is 0 Å². The fourth-order valence-electron chi connectivity index (χ4n) is 1.73. The van der Waals surface area contributed by atoms with Crippen molar-refractivity contribution >= 4 is 11.3 Å². The topological polar surface area (TPSA) is 50.9 Å². The predicted molar refractivity (Wildman–Crippen MR) is 67.0 cm³/mol. The van der Waals surface area contributed by atoms with Crippen LogP contribution in [-0.4, -0.2) is 4.98 Å². The minimum absolute atomic E-state index is 0.202. The number of nitrogens with two attached hydrogens (primary N) is 1. The Labute approximate surface area is 103 Å². The Kier molecular flexibility index (Phi) is 3.83. The van der Waals surface area contributed by atoms with Crippen LogP contribution in [0.2, 0.25) is 0 Å². The number of halogens is 1. The molecular weight excluding hydrogens is 237 g/mol. The highest BCUT2D eigenvalue weighted by Gasteiger charge is 2.17. The molecular formula is C12H14FN3S. The maximum absolute atomic E-state index is 14.0. The fourth-order valence-corrected chi connectivity index (χ4v) is 2.39. The van der Waals surface area contributed by atoms with Crippen LogP contribution in [0.25, 0.3) is 0 Å². The van der Waals surface area contributed by atoms with Gasteiger partial charge in [-0.15, -0.1) is 11.3 Å². The molecule has 1 heterocycles. The van der Waals surface area contributed by atoms with Crippen LogP contribution in [0.1, 0.15) is 22.2 Å². The van der Waals surface area contributed by atoms with Crippen molar-refractivity contribution in [3.63, 3.8) is 0 Å². The van der Waals surface area contributed by atoms with Gasteiger partial charge in [-0.1, -0.05) is 18.2 Å². The van der Waals surface area contributed by atoms with Crippen LogP contribution in [0.3, 0.4) is 0 Å². The summed E-state index contributed by atoms with van der Waals surface area (Å²) in [5.74, 6) is 5.30. The number of thiazole rings is 1. The summed E-state index contributed by atoms with van der Waals surface area (Å²) in [7, 11) is 0. The van der Waals surface area contributed by atoms with Crippen LogP contribution >= 0.6 is 11.3 Å². The summed E-state index contributed by atoms with van der Waals surface area (Å²) in [6.45, 7) is 1.75. The van der Waals surface area contributed by atoms with Gasteiger partial charge in [0, 0.05) is 23.6 Å². The molecule has 0 radical (unpaired) electrons. The van der Waals surface area contributed by atoms with E-state index in [1.807, 2.05) is 11.4 Å². The van der Waals surface area contributed by atoms with E-state index >= 15 is 0 Å². The molecule has 0 bridgehead atoms. The molecule has 0 amide bonds. The first-order chi connectivity index (χ1) is 8.22. The number of hydrogen-bond donors (Lipinski definition) is 2. The first kappa shape index (κ1) is 12.2. The van der Waals surface area contributed by atoms with Crippen molar-refractivity contribution in [3.8, 4) is 0 Å². The third-order valence-electron chi connectivity index (χ3n) is 2.66. The van der Waals surface area contributed by atoms with E-state index in [0.717, 1.165) is 5.01 Å². The van der Waals surface area contributed by atoms with Crippen LogP contribution in [0.15, 0.2) is 29.8 Å². The fraction of sp³-hybridized carbons (Fsp3) is 0.250. The monoisotopic (exact) mass is 251 g/mol. The van der Waals surface area contributed by atoms with Crippen molar-refractivity contribution in [1.29, 1.82) is 0 Å². The van der Waals surface area contributed by atoms with Crippen LogP contribution in [0, 0.1) is 12.7 Å². The van der Waals surface area contributed by atoms with Crippen molar-refractivity contribution in [2.75, 3.05) is 0 Å². The third-order valence-corrected chi connectivity index (χ3v) is 3.46. The molecule has 3 N–H and O–H groups in total. The second-order valence-electron chi connectivity index (χ2n) is 3.83. The van der Waals surface area contributed by atoms with Crippen molar-refractivity contribution in [2.45, 2.75) is 19.4 Å². The molecule has 0 saturated carbocycles. The van der Waals surface area contributed by atoms with Crippen molar-refractivity contribution in [2.24, 2.45) is 5.84 Å². The number of benzene rings is 1. The van der Waals surface area contributed by atoms with Gasteiger partial charge in [-0.2, -0.15) is 0 Å². The molecule has 1 atom stereocenters. The summed E-state index contributed by atoms with van der Waals surface area (Å²) < 4.78 is 14.0. The first-order valence-corrected chi connectivity index (χ1v) is 6.20. The van der Waals surface area contributed by atoms with Gasteiger partial charge in [-0.05, 0) is 12.5 Å². The lowest BCUT2D eigenvalue weighted by Crippen LogP contribution is -2.30. The second kappa shape index (κ2) is 5.35. The van der Waals surface area contributed by atoms with E-state index in [-0.39, 0.29) is 11.9 Å². The summed E-state index contributed by atoms with van der Waals surface area (Å²) in [6, 6.07) is 5.08. The molecule has 1 aromatic carbocycles. The SMILES string of the molecule is Cc1cccc(C(Cc2nccs2)NN)c1F. The quantitative estimate of drug-likeness (QED) is 0.648. The maximum atomic E-state index is 14.0. The van der Waals surface area contributed by atoms with E-state index in [1.165, 1.54) is 0 Å². The van der Waals surface area contributed by atoms with Crippen molar-refractivity contribution in [3.05, 3.63) is 51.7 Å². The number of nitrogens with zero attached hydrogens (tertiary/aromatic N) is 1. The molecule has 0 aliphatic rings. The van der Waals surface area contributed by atoms with Crippen LogP contribution < -0.4 is 11.3 Å². The van der Waals surface area contributed by atoms with E-state index in [4.69, 9.17) is 5.84 Å². The number of hydrazine groups is 1. The normalized spacial score (nSPS) is 12.6. The highest BCUT2D eigenvalue weighted by atomic mass is 32.1.